The summed E-state index contributed by atoms with van der Waals surface area (Å²) in [5.41, 5.74) is 14.5. The smallest absolute Gasteiger partial charge is 0.137 e. The molecule has 236 valence electrons. The minimum absolute atomic E-state index is 0.0906. The van der Waals surface area contributed by atoms with Crippen LogP contribution in [-0.2, 0) is 5.41 Å². The number of furan rings is 1. The summed E-state index contributed by atoms with van der Waals surface area (Å²) in [6.07, 6.45) is 0. The topological polar surface area (TPSA) is 18.1 Å². The third-order valence-corrected chi connectivity index (χ3v) is 11.5. The van der Waals surface area contributed by atoms with E-state index in [0.717, 1.165) is 27.5 Å². The van der Waals surface area contributed by atoms with Crippen molar-refractivity contribution in [2.75, 3.05) is 0 Å². The molecular formula is C48H33NO. The van der Waals surface area contributed by atoms with Gasteiger partial charge in [0, 0.05) is 38.6 Å². The second-order valence-electron chi connectivity index (χ2n) is 14.6. The zero-order valence-electron chi connectivity index (χ0n) is 28.2. The highest BCUT2D eigenvalue weighted by Crippen LogP contribution is 2.51. The predicted octanol–water partition coefficient (Wildman–Crippen LogP) is 13.3. The molecule has 1 aliphatic rings. The molecule has 2 aromatic heterocycles. The zero-order chi connectivity index (χ0) is 33.3. The van der Waals surface area contributed by atoms with Crippen LogP contribution in [0.15, 0.2) is 150 Å². The normalized spacial score (nSPS) is 13.7. The van der Waals surface area contributed by atoms with E-state index in [2.05, 4.69) is 165 Å². The molecule has 8 aromatic carbocycles. The number of benzene rings is 8. The van der Waals surface area contributed by atoms with Crippen molar-refractivity contribution in [3.05, 3.63) is 162 Å². The fourth-order valence-corrected chi connectivity index (χ4v) is 9.06. The van der Waals surface area contributed by atoms with Crippen LogP contribution in [0.5, 0.6) is 0 Å². The van der Waals surface area contributed by atoms with Gasteiger partial charge in [-0.1, -0.05) is 117 Å². The first kappa shape index (κ1) is 27.8. The van der Waals surface area contributed by atoms with Crippen molar-refractivity contribution in [2.24, 2.45) is 0 Å². The van der Waals surface area contributed by atoms with Gasteiger partial charge in [0.1, 0.15) is 11.2 Å². The lowest BCUT2D eigenvalue weighted by Crippen LogP contribution is -2.15. The van der Waals surface area contributed by atoms with E-state index in [1.807, 2.05) is 6.07 Å². The first-order chi connectivity index (χ1) is 24.5. The number of fused-ring (bicyclic) bond motifs is 11. The molecule has 0 saturated heterocycles. The SMILES string of the molecule is Cc1c(-n2c3cc4ccccc4cc3c3cc4c(cc32)oc2ccccc24)c(-c2ccc3c(c2)C(C)(C)c2ccccc2-3)cc2ccccc12. The molecule has 2 heterocycles. The molecule has 10 aromatic rings. The highest BCUT2D eigenvalue weighted by molar-refractivity contribution is 6.20. The molecule has 0 unspecified atom stereocenters. The summed E-state index contributed by atoms with van der Waals surface area (Å²) in [5, 5.41) is 9.76. The molecule has 0 radical (unpaired) electrons. The van der Waals surface area contributed by atoms with Gasteiger partial charge in [0.05, 0.1) is 16.7 Å². The van der Waals surface area contributed by atoms with Crippen molar-refractivity contribution < 1.29 is 4.42 Å². The van der Waals surface area contributed by atoms with Gasteiger partial charge in [-0.15, -0.1) is 0 Å². The van der Waals surface area contributed by atoms with E-state index in [9.17, 15) is 0 Å². The van der Waals surface area contributed by atoms with Crippen LogP contribution in [0.4, 0.5) is 0 Å². The summed E-state index contributed by atoms with van der Waals surface area (Å²) >= 11 is 0. The minimum Gasteiger partial charge on any atom is -0.456 e. The Morgan fingerprint density at radius 2 is 1.12 bits per heavy atom. The molecule has 0 saturated carbocycles. The largest absolute Gasteiger partial charge is 0.456 e. The first-order valence-electron chi connectivity index (χ1n) is 17.5. The van der Waals surface area contributed by atoms with Gasteiger partial charge in [-0.25, -0.2) is 0 Å². The molecule has 0 N–H and O–H groups in total. The van der Waals surface area contributed by atoms with Crippen LogP contribution in [0.25, 0.3) is 93.2 Å². The Balaban J connectivity index is 1.29. The molecule has 2 nitrogen and oxygen atoms in total. The molecule has 2 heteroatoms. The van der Waals surface area contributed by atoms with Crippen LogP contribution in [0.2, 0.25) is 0 Å². The number of para-hydroxylation sites is 1. The van der Waals surface area contributed by atoms with Crippen molar-refractivity contribution in [2.45, 2.75) is 26.2 Å². The summed E-state index contributed by atoms with van der Waals surface area (Å²) < 4.78 is 9.05. The summed E-state index contributed by atoms with van der Waals surface area (Å²) in [7, 11) is 0. The molecule has 0 aliphatic heterocycles. The van der Waals surface area contributed by atoms with E-state index in [-0.39, 0.29) is 5.41 Å². The van der Waals surface area contributed by atoms with Gasteiger partial charge in [-0.2, -0.15) is 0 Å². The average Bonchev–Trinajstić information content (AvgIpc) is 3.74. The lowest BCUT2D eigenvalue weighted by molar-refractivity contribution is 0.660. The molecule has 0 amide bonds. The molecule has 0 fully saturated rings. The molecule has 11 rings (SSSR count). The third kappa shape index (κ3) is 3.63. The Kier molecular flexibility index (Phi) is 5.41. The number of rotatable bonds is 2. The maximum absolute atomic E-state index is 6.53. The Hall–Kier alpha value is -6.12. The van der Waals surface area contributed by atoms with Crippen LogP contribution in [-0.4, -0.2) is 4.57 Å². The van der Waals surface area contributed by atoms with Gasteiger partial charge >= 0.3 is 0 Å². The number of aromatic nitrogens is 1. The van der Waals surface area contributed by atoms with E-state index in [1.165, 1.54) is 82.5 Å². The van der Waals surface area contributed by atoms with E-state index in [4.69, 9.17) is 4.42 Å². The van der Waals surface area contributed by atoms with Gasteiger partial charge in [0.25, 0.3) is 0 Å². The fraction of sp³-hybridized carbons (Fsp3) is 0.0833. The van der Waals surface area contributed by atoms with E-state index >= 15 is 0 Å². The Morgan fingerprint density at radius 1 is 0.460 bits per heavy atom. The van der Waals surface area contributed by atoms with Gasteiger partial charge in [0.2, 0.25) is 0 Å². The van der Waals surface area contributed by atoms with Crippen LogP contribution >= 0.6 is 0 Å². The quantitative estimate of drug-likeness (QED) is 0.184. The standard InChI is InChI=1S/C48H33NO/c1-28-33-15-7-6-14-31(33)23-37(32-20-21-35-34-16-8-10-18-41(34)48(2,3)42(35)24-32)47(28)49-43-25-30-13-5-4-12-29(30)22-38(43)39-26-40-36-17-9-11-19-45(36)50-46(40)27-44(39)49/h4-27H,1-3H3. The average molecular weight is 640 g/mol. The van der Waals surface area contributed by atoms with Crippen molar-refractivity contribution in [1.29, 1.82) is 0 Å². The second kappa shape index (κ2) is 9.74. The highest BCUT2D eigenvalue weighted by atomic mass is 16.3. The molecule has 50 heavy (non-hydrogen) atoms. The maximum atomic E-state index is 6.53. The Labute approximate surface area is 289 Å². The zero-order valence-corrected chi connectivity index (χ0v) is 28.2. The van der Waals surface area contributed by atoms with Crippen LogP contribution in [0.3, 0.4) is 0 Å². The van der Waals surface area contributed by atoms with Crippen molar-refractivity contribution >= 4 is 65.3 Å². The molecule has 0 spiro atoms. The Bertz CT molecular complexity index is 3080. The Morgan fingerprint density at radius 3 is 1.98 bits per heavy atom. The first-order valence-corrected chi connectivity index (χ1v) is 17.5. The molecule has 0 bridgehead atoms. The summed E-state index contributed by atoms with van der Waals surface area (Å²) in [6, 6.07) is 53.8. The molecular weight excluding hydrogens is 607 g/mol. The number of nitrogens with zero attached hydrogens (tertiary/aromatic N) is 1. The van der Waals surface area contributed by atoms with Crippen molar-refractivity contribution in [3.63, 3.8) is 0 Å². The number of aryl methyl sites for hydroxylation is 1. The molecule has 0 atom stereocenters. The van der Waals surface area contributed by atoms with Crippen molar-refractivity contribution in [3.8, 4) is 27.9 Å². The van der Waals surface area contributed by atoms with Crippen LogP contribution in [0, 0.1) is 6.92 Å². The lowest BCUT2D eigenvalue weighted by atomic mass is 9.81. The maximum Gasteiger partial charge on any atom is 0.137 e. The highest BCUT2D eigenvalue weighted by Gasteiger charge is 2.35. The second-order valence-corrected chi connectivity index (χ2v) is 14.6. The number of hydrogen-bond donors (Lipinski definition) is 0. The lowest BCUT2D eigenvalue weighted by Gasteiger charge is -2.23. The molecule has 1 aliphatic carbocycles. The summed E-state index contributed by atoms with van der Waals surface area (Å²) in [6.45, 7) is 7.03. The minimum atomic E-state index is -0.0906. The summed E-state index contributed by atoms with van der Waals surface area (Å²) in [5.74, 6) is 0. The van der Waals surface area contributed by atoms with Crippen molar-refractivity contribution in [1.82, 2.24) is 4.57 Å². The van der Waals surface area contributed by atoms with E-state index < -0.39 is 0 Å². The van der Waals surface area contributed by atoms with Gasteiger partial charge in [0.15, 0.2) is 0 Å². The van der Waals surface area contributed by atoms with Crippen LogP contribution in [0.1, 0.15) is 30.5 Å². The predicted molar refractivity (Wildman–Crippen MR) is 211 cm³/mol. The number of hydrogen-bond acceptors (Lipinski definition) is 1. The van der Waals surface area contributed by atoms with E-state index in [1.54, 1.807) is 0 Å². The summed E-state index contributed by atoms with van der Waals surface area (Å²) in [4.78, 5) is 0. The van der Waals surface area contributed by atoms with E-state index in [0.29, 0.717) is 0 Å². The van der Waals surface area contributed by atoms with Gasteiger partial charge in [-0.3, -0.25) is 0 Å². The van der Waals surface area contributed by atoms with Crippen LogP contribution < -0.4 is 0 Å². The third-order valence-electron chi connectivity index (χ3n) is 11.5. The monoisotopic (exact) mass is 639 g/mol. The fourth-order valence-electron chi connectivity index (χ4n) is 9.06. The van der Waals surface area contributed by atoms with Gasteiger partial charge < -0.3 is 8.98 Å². The van der Waals surface area contributed by atoms with Gasteiger partial charge in [-0.05, 0) is 98.2 Å².